The Balaban J connectivity index is 1.60. The zero-order valence-corrected chi connectivity index (χ0v) is 14.2. The molecule has 0 bridgehead atoms. The van der Waals surface area contributed by atoms with Crippen molar-refractivity contribution < 1.29 is 9.53 Å². The van der Waals surface area contributed by atoms with Gasteiger partial charge in [0.25, 0.3) is 5.91 Å². The number of ether oxygens (including phenoxy) is 1. The third-order valence-corrected chi connectivity index (χ3v) is 3.52. The van der Waals surface area contributed by atoms with Gasteiger partial charge in [-0.3, -0.25) is 4.79 Å². The van der Waals surface area contributed by atoms with Crippen LogP contribution in [-0.4, -0.2) is 17.4 Å². The molecule has 5 nitrogen and oxygen atoms in total. The van der Waals surface area contributed by atoms with E-state index < -0.39 is 0 Å². The molecule has 0 fully saturated rings. The lowest BCUT2D eigenvalue weighted by atomic mass is 10.2. The average Bonchev–Trinajstić information content (AvgIpc) is 2.69. The first-order chi connectivity index (χ1) is 12.7. The van der Waals surface area contributed by atoms with Gasteiger partial charge < -0.3 is 15.4 Å². The van der Waals surface area contributed by atoms with Crippen LogP contribution in [0.25, 0.3) is 0 Å². The largest absolute Gasteiger partial charge is 0.457 e. The van der Waals surface area contributed by atoms with Crippen molar-refractivity contribution in [2.24, 2.45) is 0 Å². The Kier molecular flexibility index (Phi) is 5.62. The lowest BCUT2D eigenvalue weighted by Crippen LogP contribution is -2.24. The highest BCUT2D eigenvalue weighted by molar-refractivity contribution is 5.92. The standard InChI is InChI=1S/C21H19N3O2/c1-2-14-22-21(25)20-13-10-17(15-23-20)24-16-8-11-19(12-9-16)26-18-6-4-3-5-7-18/h2-13,15,24H,1,14H2,(H,22,25). The van der Waals surface area contributed by atoms with Crippen LogP contribution in [0.5, 0.6) is 11.5 Å². The molecule has 0 saturated carbocycles. The molecule has 0 aliphatic carbocycles. The van der Waals surface area contributed by atoms with E-state index in [4.69, 9.17) is 4.74 Å². The molecule has 0 radical (unpaired) electrons. The van der Waals surface area contributed by atoms with Crippen LogP contribution in [0.4, 0.5) is 11.4 Å². The summed E-state index contributed by atoms with van der Waals surface area (Å²) in [5.41, 5.74) is 2.06. The second-order valence-corrected chi connectivity index (χ2v) is 5.50. The maximum absolute atomic E-state index is 11.8. The highest BCUT2D eigenvalue weighted by Gasteiger charge is 2.05. The zero-order valence-electron chi connectivity index (χ0n) is 14.2. The van der Waals surface area contributed by atoms with Gasteiger partial charge in [-0.25, -0.2) is 4.98 Å². The van der Waals surface area contributed by atoms with Crippen molar-refractivity contribution in [1.29, 1.82) is 0 Å². The van der Waals surface area contributed by atoms with Crippen molar-refractivity contribution in [1.82, 2.24) is 10.3 Å². The van der Waals surface area contributed by atoms with Gasteiger partial charge in [0.15, 0.2) is 0 Å². The summed E-state index contributed by atoms with van der Waals surface area (Å²) in [4.78, 5) is 16.0. The number of hydrogen-bond donors (Lipinski definition) is 2. The first-order valence-electron chi connectivity index (χ1n) is 8.20. The second-order valence-electron chi connectivity index (χ2n) is 5.50. The number of carbonyl (C=O) groups excluding carboxylic acids is 1. The van der Waals surface area contributed by atoms with Crippen LogP contribution in [-0.2, 0) is 0 Å². The maximum Gasteiger partial charge on any atom is 0.270 e. The number of nitrogens with one attached hydrogen (secondary N) is 2. The summed E-state index contributed by atoms with van der Waals surface area (Å²) in [6.07, 6.45) is 3.25. The normalized spacial score (nSPS) is 10.0. The number of rotatable bonds is 7. The molecule has 1 amide bonds. The molecule has 2 N–H and O–H groups in total. The van der Waals surface area contributed by atoms with Crippen LogP contribution >= 0.6 is 0 Å². The molecular formula is C21H19N3O2. The van der Waals surface area contributed by atoms with E-state index in [1.165, 1.54) is 0 Å². The fourth-order valence-corrected chi connectivity index (χ4v) is 2.26. The molecule has 0 saturated heterocycles. The number of nitrogens with zero attached hydrogens (tertiary/aromatic N) is 1. The number of carbonyl (C=O) groups is 1. The Morgan fingerprint density at radius 3 is 2.31 bits per heavy atom. The van der Waals surface area contributed by atoms with Crippen LogP contribution in [0.3, 0.4) is 0 Å². The summed E-state index contributed by atoms with van der Waals surface area (Å²) in [6, 6.07) is 20.7. The van der Waals surface area contributed by atoms with Crippen LogP contribution in [0.15, 0.2) is 85.6 Å². The van der Waals surface area contributed by atoms with Gasteiger partial charge in [0.05, 0.1) is 11.9 Å². The van der Waals surface area contributed by atoms with Crippen molar-refractivity contribution in [2.75, 3.05) is 11.9 Å². The van der Waals surface area contributed by atoms with Gasteiger partial charge in [0, 0.05) is 12.2 Å². The van der Waals surface area contributed by atoms with Crippen molar-refractivity contribution in [3.8, 4) is 11.5 Å². The van der Waals surface area contributed by atoms with E-state index in [1.807, 2.05) is 60.7 Å². The quantitative estimate of drug-likeness (QED) is 0.617. The molecule has 0 aliphatic rings. The van der Waals surface area contributed by atoms with Gasteiger partial charge >= 0.3 is 0 Å². The molecule has 1 aromatic heterocycles. The third-order valence-electron chi connectivity index (χ3n) is 3.52. The van der Waals surface area contributed by atoms with Crippen molar-refractivity contribution in [3.05, 3.63) is 91.3 Å². The molecule has 3 rings (SSSR count). The summed E-state index contributed by atoms with van der Waals surface area (Å²) in [5, 5.41) is 5.93. The smallest absolute Gasteiger partial charge is 0.270 e. The van der Waals surface area contributed by atoms with Crippen LogP contribution in [0, 0.1) is 0 Å². The fourth-order valence-electron chi connectivity index (χ4n) is 2.26. The Labute approximate surface area is 152 Å². The first-order valence-corrected chi connectivity index (χ1v) is 8.20. The summed E-state index contributed by atoms with van der Waals surface area (Å²) in [6.45, 7) is 3.98. The van der Waals surface area contributed by atoms with Crippen LogP contribution in [0.2, 0.25) is 0 Å². The summed E-state index contributed by atoms with van der Waals surface area (Å²) in [7, 11) is 0. The number of pyridine rings is 1. The van der Waals surface area contributed by atoms with E-state index >= 15 is 0 Å². The predicted molar refractivity (Wildman–Crippen MR) is 103 cm³/mol. The van der Waals surface area contributed by atoms with E-state index in [-0.39, 0.29) is 5.91 Å². The number of anilines is 2. The lowest BCUT2D eigenvalue weighted by Gasteiger charge is -2.09. The topological polar surface area (TPSA) is 63.2 Å². The lowest BCUT2D eigenvalue weighted by molar-refractivity contribution is 0.0953. The van der Waals surface area contributed by atoms with E-state index in [2.05, 4.69) is 22.2 Å². The molecule has 0 aliphatic heterocycles. The Morgan fingerprint density at radius 2 is 1.65 bits per heavy atom. The molecule has 0 atom stereocenters. The number of benzene rings is 2. The fraction of sp³-hybridized carbons (Fsp3) is 0.0476. The molecule has 0 unspecified atom stereocenters. The SMILES string of the molecule is C=CCNC(=O)c1ccc(Nc2ccc(Oc3ccccc3)cc2)cn1. The van der Waals surface area contributed by atoms with E-state index in [9.17, 15) is 4.79 Å². The van der Waals surface area contributed by atoms with Crippen molar-refractivity contribution in [2.45, 2.75) is 0 Å². The summed E-state index contributed by atoms with van der Waals surface area (Å²) >= 11 is 0. The van der Waals surface area contributed by atoms with Gasteiger partial charge in [-0.05, 0) is 48.5 Å². The molecule has 26 heavy (non-hydrogen) atoms. The monoisotopic (exact) mass is 345 g/mol. The number of para-hydroxylation sites is 1. The van der Waals surface area contributed by atoms with E-state index in [0.29, 0.717) is 12.2 Å². The molecule has 2 aromatic carbocycles. The molecule has 1 heterocycles. The van der Waals surface area contributed by atoms with Gasteiger partial charge in [-0.1, -0.05) is 24.3 Å². The minimum atomic E-state index is -0.223. The molecule has 3 aromatic rings. The molecule has 5 heteroatoms. The Morgan fingerprint density at radius 1 is 0.962 bits per heavy atom. The van der Waals surface area contributed by atoms with Gasteiger partial charge in [-0.15, -0.1) is 6.58 Å². The average molecular weight is 345 g/mol. The Hall–Kier alpha value is -3.60. The third kappa shape index (κ3) is 4.70. The van der Waals surface area contributed by atoms with E-state index in [0.717, 1.165) is 22.9 Å². The number of aromatic nitrogens is 1. The number of hydrogen-bond acceptors (Lipinski definition) is 4. The number of amides is 1. The van der Waals surface area contributed by atoms with Gasteiger partial charge in [0.2, 0.25) is 0 Å². The van der Waals surface area contributed by atoms with Crippen molar-refractivity contribution >= 4 is 17.3 Å². The van der Waals surface area contributed by atoms with Crippen LogP contribution in [0.1, 0.15) is 10.5 Å². The molecule has 130 valence electrons. The van der Waals surface area contributed by atoms with Crippen LogP contribution < -0.4 is 15.4 Å². The Bertz CT molecular complexity index is 860. The minimum absolute atomic E-state index is 0.223. The zero-order chi connectivity index (χ0) is 18.2. The minimum Gasteiger partial charge on any atom is -0.457 e. The second kappa shape index (κ2) is 8.48. The molecule has 0 spiro atoms. The highest BCUT2D eigenvalue weighted by Crippen LogP contribution is 2.24. The van der Waals surface area contributed by atoms with E-state index in [1.54, 1.807) is 18.3 Å². The maximum atomic E-state index is 11.8. The highest BCUT2D eigenvalue weighted by atomic mass is 16.5. The predicted octanol–water partition coefficient (Wildman–Crippen LogP) is 4.53. The summed E-state index contributed by atoms with van der Waals surface area (Å²) in [5.74, 6) is 1.33. The first kappa shape index (κ1) is 17.2. The molecular weight excluding hydrogens is 326 g/mol. The van der Waals surface area contributed by atoms with Gasteiger partial charge in [-0.2, -0.15) is 0 Å². The summed E-state index contributed by atoms with van der Waals surface area (Å²) < 4.78 is 5.77. The van der Waals surface area contributed by atoms with Gasteiger partial charge in [0.1, 0.15) is 17.2 Å². The van der Waals surface area contributed by atoms with Crippen molar-refractivity contribution in [3.63, 3.8) is 0 Å².